The SMILES string of the molecule is CNc1ccc(-c2cc(NC(=O)C3CC3)nc3[nH]ccc23)c(C)c1. The van der Waals surface area contributed by atoms with Crippen molar-refractivity contribution < 1.29 is 4.79 Å². The number of fused-ring (bicyclic) bond motifs is 1. The van der Waals surface area contributed by atoms with Gasteiger partial charge in [0.1, 0.15) is 11.5 Å². The summed E-state index contributed by atoms with van der Waals surface area (Å²) in [6.45, 7) is 2.09. The summed E-state index contributed by atoms with van der Waals surface area (Å²) >= 11 is 0. The molecule has 1 aliphatic carbocycles. The highest BCUT2D eigenvalue weighted by Gasteiger charge is 2.30. The molecule has 3 N–H and O–H groups in total. The van der Waals surface area contributed by atoms with Gasteiger partial charge in [0.25, 0.3) is 0 Å². The number of hydrogen-bond donors (Lipinski definition) is 3. The predicted molar refractivity (Wildman–Crippen MR) is 97.2 cm³/mol. The van der Waals surface area contributed by atoms with Gasteiger partial charge in [0.05, 0.1) is 0 Å². The van der Waals surface area contributed by atoms with Crippen LogP contribution in [0.1, 0.15) is 18.4 Å². The summed E-state index contributed by atoms with van der Waals surface area (Å²) in [6, 6.07) is 10.3. The summed E-state index contributed by atoms with van der Waals surface area (Å²) in [7, 11) is 1.91. The molecule has 1 aliphatic rings. The van der Waals surface area contributed by atoms with Crippen molar-refractivity contribution in [2.75, 3.05) is 17.7 Å². The molecule has 4 rings (SSSR count). The van der Waals surface area contributed by atoms with E-state index in [2.05, 4.69) is 45.7 Å². The van der Waals surface area contributed by atoms with Gasteiger partial charge in [-0.2, -0.15) is 0 Å². The number of pyridine rings is 1. The molecular formula is C19H20N4O. The Hall–Kier alpha value is -2.82. The lowest BCUT2D eigenvalue weighted by Gasteiger charge is -2.12. The standard InChI is InChI=1S/C19H20N4O/c1-11-9-13(20-2)5-6-14(11)16-10-17(23-19(24)12-3-4-12)22-18-15(16)7-8-21-18/h5-10,12,20H,3-4H2,1-2H3,(H2,21,22,23,24). The number of H-pyrrole nitrogens is 1. The summed E-state index contributed by atoms with van der Waals surface area (Å²) in [5.41, 5.74) is 5.26. The van der Waals surface area contributed by atoms with Crippen LogP contribution < -0.4 is 10.6 Å². The van der Waals surface area contributed by atoms with Crippen LogP contribution in [-0.4, -0.2) is 22.9 Å². The van der Waals surface area contributed by atoms with Crippen LogP contribution in [0.25, 0.3) is 22.2 Å². The molecule has 0 bridgehead atoms. The van der Waals surface area contributed by atoms with Gasteiger partial charge in [-0.25, -0.2) is 4.98 Å². The van der Waals surface area contributed by atoms with Gasteiger partial charge in [0.2, 0.25) is 5.91 Å². The van der Waals surface area contributed by atoms with Crippen molar-refractivity contribution in [2.45, 2.75) is 19.8 Å². The Morgan fingerprint density at radius 3 is 2.75 bits per heavy atom. The van der Waals surface area contributed by atoms with Gasteiger partial charge in [-0.3, -0.25) is 4.79 Å². The molecule has 0 spiro atoms. The van der Waals surface area contributed by atoms with E-state index in [1.165, 1.54) is 5.56 Å². The fourth-order valence-corrected chi connectivity index (χ4v) is 3.02. The molecular weight excluding hydrogens is 300 g/mol. The zero-order valence-electron chi connectivity index (χ0n) is 13.8. The lowest BCUT2D eigenvalue weighted by molar-refractivity contribution is -0.117. The van der Waals surface area contributed by atoms with Crippen molar-refractivity contribution in [2.24, 2.45) is 5.92 Å². The molecule has 5 heteroatoms. The first-order valence-electron chi connectivity index (χ1n) is 8.23. The van der Waals surface area contributed by atoms with Crippen LogP contribution in [0.2, 0.25) is 0 Å². The van der Waals surface area contributed by atoms with E-state index in [1.54, 1.807) is 0 Å². The molecule has 0 saturated heterocycles. The summed E-state index contributed by atoms with van der Waals surface area (Å²) < 4.78 is 0. The minimum Gasteiger partial charge on any atom is -0.388 e. The van der Waals surface area contributed by atoms with E-state index >= 15 is 0 Å². The number of anilines is 2. The van der Waals surface area contributed by atoms with E-state index in [9.17, 15) is 4.79 Å². The fourth-order valence-electron chi connectivity index (χ4n) is 3.02. The fraction of sp³-hybridized carbons (Fsp3) is 0.263. The zero-order chi connectivity index (χ0) is 16.7. The third-order valence-electron chi connectivity index (χ3n) is 4.53. The molecule has 0 atom stereocenters. The largest absolute Gasteiger partial charge is 0.388 e. The van der Waals surface area contributed by atoms with Crippen LogP contribution in [0.5, 0.6) is 0 Å². The third kappa shape index (κ3) is 2.62. The molecule has 2 aromatic heterocycles. The number of rotatable bonds is 4. The first-order chi connectivity index (χ1) is 11.7. The molecule has 0 unspecified atom stereocenters. The van der Waals surface area contributed by atoms with Crippen molar-refractivity contribution in [3.8, 4) is 11.1 Å². The Morgan fingerprint density at radius 1 is 1.21 bits per heavy atom. The molecule has 24 heavy (non-hydrogen) atoms. The van der Waals surface area contributed by atoms with Crippen LogP contribution in [0.3, 0.4) is 0 Å². The molecule has 122 valence electrons. The molecule has 1 saturated carbocycles. The number of carbonyl (C=O) groups excluding carboxylic acids is 1. The normalized spacial score (nSPS) is 13.9. The lowest BCUT2D eigenvalue weighted by atomic mass is 9.98. The molecule has 5 nitrogen and oxygen atoms in total. The smallest absolute Gasteiger partial charge is 0.228 e. The topological polar surface area (TPSA) is 69.8 Å². The van der Waals surface area contributed by atoms with E-state index in [0.717, 1.165) is 40.7 Å². The zero-order valence-corrected chi connectivity index (χ0v) is 13.8. The average molecular weight is 320 g/mol. The maximum Gasteiger partial charge on any atom is 0.228 e. The number of amides is 1. The molecule has 2 heterocycles. The number of nitrogens with one attached hydrogen (secondary N) is 3. The van der Waals surface area contributed by atoms with Gasteiger partial charge in [0, 0.05) is 30.2 Å². The van der Waals surface area contributed by atoms with Crippen LogP contribution in [0.4, 0.5) is 11.5 Å². The predicted octanol–water partition coefficient (Wildman–Crippen LogP) is 3.93. The second kappa shape index (κ2) is 5.67. The summed E-state index contributed by atoms with van der Waals surface area (Å²) in [6.07, 6.45) is 3.84. The Labute approximate surface area is 140 Å². The molecule has 1 aromatic carbocycles. The van der Waals surface area contributed by atoms with Crippen LogP contribution in [0.15, 0.2) is 36.5 Å². The molecule has 3 aromatic rings. The van der Waals surface area contributed by atoms with E-state index in [-0.39, 0.29) is 11.8 Å². The molecule has 1 amide bonds. The van der Waals surface area contributed by atoms with Crippen LogP contribution >= 0.6 is 0 Å². The highest BCUT2D eigenvalue weighted by molar-refractivity contribution is 5.99. The van der Waals surface area contributed by atoms with Crippen molar-refractivity contribution in [1.82, 2.24) is 9.97 Å². The number of aromatic amines is 1. The number of aromatic nitrogens is 2. The summed E-state index contributed by atoms with van der Waals surface area (Å²) in [4.78, 5) is 19.8. The minimum atomic E-state index is 0.0709. The summed E-state index contributed by atoms with van der Waals surface area (Å²) in [5, 5.41) is 7.17. The third-order valence-corrected chi connectivity index (χ3v) is 4.53. The number of hydrogen-bond acceptors (Lipinski definition) is 3. The van der Waals surface area contributed by atoms with E-state index in [4.69, 9.17) is 0 Å². The maximum absolute atomic E-state index is 12.1. The second-order valence-electron chi connectivity index (χ2n) is 6.34. The van der Waals surface area contributed by atoms with E-state index in [0.29, 0.717) is 5.82 Å². The maximum atomic E-state index is 12.1. The van der Waals surface area contributed by atoms with E-state index in [1.807, 2.05) is 25.4 Å². The van der Waals surface area contributed by atoms with Gasteiger partial charge in [-0.15, -0.1) is 0 Å². The van der Waals surface area contributed by atoms with Gasteiger partial charge < -0.3 is 15.6 Å². The summed E-state index contributed by atoms with van der Waals surface area (Å²) in [5.74, 6) is 0.835. The number of aryl methyl sites for hydroxylation is 1. The van der Waals surface area contributed by atoms with Crippen LogP contribution in [-0.2, 0) is 4.79 Å². The first-order valence-corrected chi connectivity index (χ1v) is 8.23. The number of nitrogens with zero attached hydrogens (tertiary/aromatic N) is 1. The van der Waals surface area contributed by atoms with Gasteiger partial charge in [-0.05, 0) is 60.7 Å². The Morgan fingerprint density at radius 2 is 2.04 bits per heavy atom. The Balaban J connectivity index is 1.81. The van der Waals surface area contributed by atoms with Crippen molar-refractivity contribution >= 4 is 28.4 Å². The van der Waals surface area contributed by atoms with Gasteiger partial charge in [-0.1, -0.05) is 6.07 Å². The van der Waals surface area contributed by atoms with Crippen molar-refractivity contribution in [3.63, 3.8) is 0 Å². The monoisotopic (exact) mass is 320 g/mol. The van der Waals surface area contributed by atoms with Gasteiger partial charge in [0.15, 0.2) is 0 Å². The second-order valence-corrected chi connectivity index (χ2v) is 6.34. The van der Waals surface area contributed by atoms with Gasteiger partial charge >= 0.3 is 0 Å². The van der Waals surface area contributed by atoms with E-state index < -0.39 is 0 Å². The van der Waals surface area contributed by atoms with Crippen molar-refractivity contribution in [1.29, 1.82) is 0 Å². The molecule has 1 fully saturated rings. The highest BCUT2D eigenvalue weighted by Crippen LogP contribution is 2.34. The lowest BCUT2D eigenvalue weighted by Crippen LogP contribution is -2.14. The average Bonchev–Trinajstić information content (AvgIpc) is 3.32. The molecule has 0 aliphatic heterocycles. The van der Waals surface area contributed by atoms with Crippen LogP contribution in [0, 0.1) is 12.8 Å². The van der Waals surface area contributed by atoms with Crippen molar-refractivity contribution in [3.05, 3.63) is 42.1 Å². The highest BCUT2D eigenvalue weighted by atomic mass is 16.2. The number of carbonyl (C=O) groups is 1. The Bertz CT molecular complexity index is 924. The first kappa shape index (κ1) is 14.8. The minimum absolute atomic E-state index is 0.0709. The Kier molecular flexibility index (Phi) is 3.49. The molecule has 0 radical (unpaired) electrons. The quantitative estimate of drug-likeness (QED) is 0.682. The number of benzene rings is 1.